The number of pyridine rings is 1. The molecule has 0 bridgehead atoms. The number of hydrogen-bond donors (Lipinski definition) is 1. The van der Waals surface area contributed by atoms with E-state index in [4.69, 9.17) is 38.4 Å². The minimum atomic E-state index is -1.20. The number of Topliss-reactive ketones (excluding diaryl/α,β-unsaturated/α-hetero) is 1. The number of fused-ring (bicyclic) bond motifs is 1. The van der Waals surface area contributed by atoms with Gasteiger partial charge in [0.25, 0.3) is 6.02 Å². The number of aromatic nitrogens is 1. The quantitative estimate of drug-likeness (QED) is 0.695. The first-order valence-corrected chi connectivity index (χ1v) is 9.73. The number of ketones is 1. The van der Waals surface area contributed by atoms with Crippen LogP contribution in [0.5, 0.6) is 5.75 Å². The van der Waals surface area contributed by atoms with Gasteiger partial charge >= 0.3 is 0 Å². The van der Waals surface area contributed by atoms with Crippen LogP contribution < -0.4 is 10.5 Å². The summed E-state index contributed by atoms with van der Waals surface area (Å²) in [5, 5.41) is 0.565. The van der Waals surface area contributed by atoms with Gasteiger partial charge in [-0.25, -0.2) is 14.4 Å². The Morgan fingerprint density at radius 3 is 2.86 bits per heavy atom. The molecule has 0 unspecified atom stereocenters. The van der Waals surface area contributed by atoms with Gasteiger partial charge in [0.2, 0.25) is 0 Å². The van der Waals surface area contributed by atoms with Crippen LogP contribution in [0.15, 0.2) is 35.5 Å². The minimum Gasteiger partial charge on any atom is -0.495 e. The van der Waals surface area contributed by atoms with E-state index in [0.29, 0.717) is 28.3 Å². The summed E-state index contributed by atoms with van der Waals surface area (Å²) in [6.45, 7) is -0.763. The number of methoxy groups -OCH3 is 1. The topological polar surface area (TPSA) is 86.8 Å². The lowest BCUT2D eigenvalue weighted by Gasteiger charge is -2.32. The first-order chi connectivity index (χ1) is 13.9. The molecule has 29 heavy (non-hydrogen) atoms. The molecule has 0 amide bonds. The largest absolute Gasteiger partial charge is 0.495 e. The van der Waals surface area contributed by atoms with Crippen LogP contribution in [0.4, 0.5) is 4.39 Å². The molecular formula is C20H18Cl2FN3O3. The molecule has 1 aromatic heterocycles. The number of carbonyl (C=O) groups is 1. The molecule has 1 aliphatic carbocycles. The summed E-state index contributed by atoms with van der Waals surface area (Å²) in [4.78, 5) is 21.1. The molecular weight excluding hydrogens is 420 g/mol. The molecule has 2 N–H and O–H groups in total. The Morgan fingerprint density at radius 2 is 2.17 bits per heavy atom. The van der Waals surface area contributed by atoms with Crippen LogP contribution in [-0.2, 0) is 16.7 Å². The van der Waals surface area contributed by atoms with E-state index in [-0.39, 0.29) is 41.0 Å². The van der Waals surface area contributed by atoms with Crippen molar-refractivity contribution < 1.29 is 18.7 Å². The zero-order valence-electron chi connectivity index (χ0n) is 15.5. The van der Waals surface area contributed by atoms with Crippen molar-refractivity contribution in [3.63, 3.8) is 0 Å². The van der Waals surface area contributed by atoms with Gasteiger partial charge in [-0.3, -0.25) is 4.79 Å². The molecule has 1 saturated carbocycles. The summed E-state index contributed by atoms with van der Waals surface area (Å²) in [5.74, 6) is 0.0413. The number of carbonyl (C=O) groups excluding carboxylic acids is 1. The first-order valence-electron chi connectivity index (χ1n) is 8.97. The maximum Gasteiger partial charge on any atom is 0.283 e. The van der Waals surface area contributed by atoms with Crippen LogP contribution in [0.25, 0.3) is 0 Å². The summed E-state index contributed by atoms with van der Waals surface area (Å²) in [6.07, 6.45) is 1.94. The fraction of sp³-hybridized carbons (Fsp3) is 0.350. The van der Waals surface area contributed by atoms with Gasteiger partial charge in [-0.15, -0.1) is 0 Å². The van der Waals surface area contributed by atoms with E-state index >= 15 is 0 Å². The lowest BCUT2D eigenvalue weighted by atomic mass is 9.84. The van der Waals surface area contributed by atoms with Crippen LogP contribution in [0, 0.1) is 5.92 Å². The van der Waals surface area contributed by atoms with Gasteiger partial charge in [-0.1, -0.05) is 35.3 Å². The summed E-state index contributed by atoms with van der Waals surface area (Å²) in [5.41, 5.74) is 5.85. The molecule has 9 heteroatoms. The maximum absolute atomic E-state index is 14.3. The molecule has 1 aliphatic heterocycles. The first kappa shape index (κ1) is 19.9. The number of halogens is 3. The van der Waals surface area contributed by atoms with Crippen molar-refractivity contribution in [2.45, 2.75) is 24.5 Å². The lowest BCUT2D eigenvalue weighted by molar-refractivity contribution is 0.0988. The summed E-state index contributed by atoms with van der Waals surface area (Å²) in [6, 6.07) is 6.53. The molecule has 0 radical (unpaired) electrons. The molecule has 2 heterocycles. The highest BCUT2D eigenvalue weighted by Gasteiger charge is 2.59. The fourth-order valence-electron chi connectivity index (χ4n) is 3.75. The summed E-state index contributed by atoms with van der Waals surface area (Å²) < 4.78 is 24.7. The Kier molecular flexibility index (Phi) is 5.12. The molecule has 3 atom stereocenters. The second-order valence-electron chi connectivity index (χ2n) is 7.13. The van der Waals surface area contributed by atoms with Crippen molar-refractivity contribution in [2.75, 3.05) is 13.8 Å². The highest BCUT2D eigenvalue weighted by molar-refractivity contribution is 6.33. The molecule has 0 spiro atoms. The van der Waals surface area contributed by atoms with Crippen LogP contribution in [-0.4, -0.2) is 36.7 Å². The third-order valence-corrected chi connectivity index (χ3v) is 5.93. The average Bonchev–Trinajstić information content (AvgIpc) is 3.48. The number of nitrogens with zero attached hydrogens (tertiary/aromatic N) is 2. The van der Waals surface area contributed by atoms with E-state index in [0.717, 1.165) is 0 Å². The fourth-order valence-corrected chi connectivity index (χ4v) is 4.29. The predicted molar refractivity (Wildman–Crippen MR) is 108 cm³/mol. The van der Waals surface area contributed by atoms with Crippen LogP contribution >= 0.6 is 23.2 Å². The molecule has 1 fully saturated rings. The van der Waals surface area contributed by atoms with Gasteiger partial charge in [0.1, 0.15) is 29.8 Å². The van der Waals surface area contributed by atoms with Crippen molar-refractivity contribution >= 4 is 35.0 Å². The highest BCUT2D eigenvalue weighted by Crippen LogP contribution is 2.54. The number of hydrogen-bond acceptors (Lipinski definition) is 6. The Bertz CT molecular complexity index is 1020. The minimum absolute atomic E-state index is 0.0232. The Hall–Kier alpha value is -2.38. The zero-order chi connectivity index (χ0) is 20.8. The van der Waals surface area contributed by atoms with E-state index in [9.17, 15) is 9.18 Å². The SMILES string of the molecule is COc1cnc(C(=O)Cc2ccc(Cl)c([C@@]3(CF)N=C(N)O[C@@H]4C[C@@H]43)c2)c(Cl)c1. The van der Waals surface area contributed by atoms with Crippen molar-refractivity contribution in [2.24, 2.45) is 16.6 Å². The second kappa shape index (κ2) is 7.46. The standard InChI is InChI=1S/C20H18Cl2FN3O3/c1-28-11-6-15(22)18(25-8-11)16(27)5-10-2-3-14(21)12(4-10)20(9-23)13-7-17(13)29-19(24)26-20/h2-4,6,8,13,17H,5,7,9H2,1H3,(H2,24,26)/t13-,17+,20+/m0/s1. The van der Waals surface area contributed by atoms with E-state index in [1.807, 2.05) is 0 Å². The lowest BCUT2D eigenvalue weighted by Crippen LogP contribution is -2.39. The van der Waals surface area contributed by atoms with Crippen molar-refractivity contribution in [1.29, 1.82) is 0 Å². The van der Waals surface area contributed by atoms with Gasteiger partial charge in [-0.2, -0.15) is 0 Å². The molecule has 2 aromatic rings. The second-order valence-corrected chi connectivity index (χ2v) is 7.94. The predicted octanol–water partition coefficient (Wildman–Crippen LogP) is 3.72. The van der Waals surface area contributed by atoms with Crippen LogP contribution in [0.3, 0.4) is 0 Å². The normalized spacial score (nSPS) is 24.9. The third kappa shape index (κ3) is 3.53. The monoisotopic (exact) mass is 437 g/mol. The number of rotatable bonds is 6. The number of nitrogens with two attached hydrogens (primary N) is 1. The van der Waals surface area contributed by atoms with E-state index < -0.39 is 12.2 Å². The van der Waals surface area contributed by atoms with E-state index in [1.165, 1.54) is 19.4 Å². The summed E-state index contributed by atoms with van der Waals surface area (Å²) in [7, 11) is 1.49. The smallest absolute Gasteiger partial charge is 0.283 e. The maximum atomic E-state index is 14.3. The Balaban J connectivity index is 1.66. The number of amidine groups is 1. The molecule has 0 saturated heterocycles. The van der Waals surface area contributed by atoms with E-state index in [2.05, 4.69) is 9.98 Å². The molecule has 4 rings (SSSR count). The molecule has 152 valence electrons. The number of benzene rings is 1. The molecule has 6 nitrogen and oxygen atoms in total. The van der Waals surface area contributed by atoms with Crippen molar-refractivity contribution in [3.05, 3.63) is 57.3 Å². The zero-order valence-corrected chi connectivity index (χ0v) is 17.0. The van der Waals surface area contributed by atoms with Crippen molar-refractivity contribution in [1.82, 2.24) is 4.98 Å². The average molecular weight is 438 g/mol. The molecule has 1 aromatic carbocycles. The van der Waals surface area contributed by atoms with E-state index in [1.54, 1.807) is 18.2 Å². The van der Waals surface area contributed by atoms with Crippen LogP contribution in [0.2, 0.25) is 10.0 Å². The molecule has 2 aliphatic rings. The Morgan fingerprint density at radius 1 is 1.38 bits per heavy atom. The Labute approximate surface area is 176 Å². The van der Waals surface area contributed by atoms with Gasteiger partial charge in [0.15, 0.2) is 5.78 Å². The third-order valence-electron chi connectivity index (χ3n) is 5.31. The summed E-state index contributed by atoms with van der Waals surface area (Å²) >= 11 is 12.5. The highest BCUT2D eigenvalue weighted by atomic mass is 35.5. The van der Waals surface area contributed by atoms with Gasteiger partial charge in [-0.05, 0) is 18.1 Å². The number of alkyl halides is 1. The van der Waals surface area contributed by atoms with Gasteiger partial charge < -0.3 is 15.2 Å². The van der Waals surface area contributed by atoms with Gasteiger partial charge in [0, 0.05) is 29.0 Å². The van der Waals surface area contributed by atoms with Gasteiger partial charge in [0.05, 0.1) is 18.3 Å². The van der Waals surface area contributed by atoms with Crippen molar-refractivity contribution in [3.8, 4) is 5.75 Å². The number of aliphatic imine (C=N–C) groups is 1. The number of ether oxygens (including phenoxy) is 2. The van der Waals surface area contributed by atoms with Crippen LogP contribution in [0.1, 0.15) is 28.0 Å².